The minimum Gasteiger partial charge on any atom is -0.265 e. The van der Waals surface area contributed by atoms with Gasteiger partial charge in [0.1, 0.15) is 11.2 Å². The Balaban J connectivity index is 3.02. The number of fused-ring (bicyclic) bond motifs is 1. The number of halogens is 1. The predicted octanol–water partition coefficient (Wildman–Crippen LogP) is 1.44. The predicted molar refractivity (Wildman–Crippen MR) is 47.2 cm³/mol. The molecule has 0 atom stereocenters. The van der Waals surface area contributed by atoms with Crippen LogP contribution < -0.4 is 5.56 Å². The first-order chi connectivity index (χ1) is 6.20. The van der Waals surface area contributed by atoms with Crippen LogP contribution in [0.4, 0.5) is 4.48 Å². The molecule has 0 unspecified atom stereocenters. The highest BCUT2D eigenvalue weighted by molar-refractivity contribution is 5.74. The molecule has 0 aliphatic heterocycles. The van der Waals surface area contributed by atoms with Crippen molar-refractivity contribution in [1.82, 2.24) is 9.77 Å². The van der Waals surface area contributed by atoms with Crippen LogP contribution in [0, 0.1) is 6.92 Å². The monoisotopic (exact) mass is 178 g/mol. The van der Waals surface area contributed by atoms with Crippen LogP contribution >= 0.6 is 0 Å². The fraction of sp³-hybridized carbons (Fsp3) is 0.111. The third-order valence-corrected chi connectivity index (χ3v) is 1.87. The molecule has 2 aromatic rings. The maximum absolute atomic E-state index is 13.2. The summed E-state index contributed by atoms with van der Waals surface area (Å²) in [4.78, 5) is 15.2. The Labute approximate surface area is 73.4 Å². The van der Waals surface area contributed by atoms with Gasteiger partial charge in [0.05, 0.1) is 5.52 Å². The lowest BCUT2D eigenvalue weighted by Gasteiger charge is -2.00. The van der Waals surface area contributed by atoms with Gasteiger partial charge >= 0.3 is 0 Å². The number of nitrogens with zero attached hydrogens (tertiary/aromatic N) is 2. The second kappa shape index (κ2) is 2.65. The molecule has 1 heterocycles. The summed E-state index contributed by atoms with van der Waals surface area (Å²) in [5.74, 6) is 0. The van der Waals surface area contributed by atoms with Gasteiger partial charge in [-0.15, -0.1) is 4.79 Å². The van der Waals surface area contributed by atoms with E-state index in [4.69, 9.17) is 0 Å². The van der Waals surface area contributed by atoms with Gasteiger partial charge in [0.25, 0.3) is 5.56 Å². The smallest absolute Gasteiger partial charge is 0.265 e. The third-order valence-electron chi connectivity index (χ3n) is 1.87. The van der Waals surface area contributed by atoms with E-state index in [0.717, 1.165) is 0 Å². The number of hydrogen-bond acceptors (Lipinski definition) is 2. The first kappa shape index (κ1) is 7.91. The highest BCUT2D eigenvalue weighted by Gasteiger charge is 2.05. The van der Waals surface area contributed by atoms with Gasteiger partial charge in [0.15, 0.2) is 0 Å². The lowest BCUT2D eigenvalue weighted by Crippen LogP contribution is -2.18. The summed E-state index contributed by atoms with van der Waals surface area (Å²) in [5.41, 5.74) is 0.167. The topological polar surface area (TPSA) is 34.9 Å². The van der Waals surface area contributed by atoms with E-state index in [9.17, 15) is 9.28 Å². The standard InChI is InChI=1S/C9H7FN2O/c1-6-9(13)12(10)8-5-3-2-4-7(8)11-6/h2-5H,1H3. The van der Waals surface area contributed by atoms with Crippen molar-refractivity contribution >= 4 is 11.0 Å². The van der Waals surface area contributed by atoms with Gasteiger partial charge in [0, 0.05) is 0 Å². The van der Waals surface area contributed by atoms with Crippen LogP contribution in [-0.2, 0) is 0 Å². The third kappa shape index (κ3) is 1.11. The van der Waals surface area contributed by atoms with Crippen LogP contribution in [0.5, 0.6) is 0 Å². The van der Waals surface area contributed by atoms with Crippen molar-refractivity contribution in [3.05, 3.63) is 40.3 Å². The van der Waals surface area contributed by atoms with Crippen molar-refractivity contribution in [1.29, 1.82) is 0 Å². The fourth-order valence-corrected chi connectivity index (χ4v) is 1.20. The summed E-state index contributed by atoms with van der Waals surface area (Å²) in [6.07, 6.45) is 0. The molecule has 0 aliphatic rings. The molecule has 3 nitrogen and oxygen atoms in total. The SMILES string of the molecule is Cc1nc2ccccc2n(F)c1=O. The van der Waals surface area contributed by atoms with E-state index in [0.29, 0.717) is 5.52 Å². The van der Waals surface area contributed by atoms with Crippen LogP contribution in [-0.4, -0.2) is 9.77 Å². The molecule has 0 spiro atoms. The molecule has 0 N–H and O–H groups in total. The van der Waals surface area contributed by atoms with Crippen LogP contribution in [0.2, 0.25) is 0 Å². The molecule has 66 valence electrons. The largest absolute Gasteiger partial charge is 0.300 e. The summed E-state index contributed by atoms with van der Waals surface area (Å²) >= 11 is 0. The fourth-order valence-electron chi connectivity index (χ4n) is 1.20. The van der Waals surface area contributed by atoms with E-state index in [1.807, 2.05) is 0 Å². The number of benzene rings is 1. The number of aryl methyl sites for hydroxylation is 1. The summed E-state index contributed by atoms with van der Waals surface area (Å²) in [6, 6.07) is 6.59. The zero-order chi connectivity index (χ0) is 9.42. The molecule has 0 fully saturated rings. The van der Waals surface area contributed by atoms with Crippen molar-refractivity contribution in [3.63, 3.8) is 0 Å². The molecule has 0 saturated carbocycles. The van der Waals surface area contributed by atoms with Crippen molar-refractivity contribution in [2.45, 2.75) is 6.92 Å². The van der Waals surface area contributed by atoms with E-state index in [2.05, 4.69) is 4.98 Å². The molecule has 13 heavy (non-hydrogen) atoms. The number of hydrogen-bond donors (Lipinski definition) is 0. The van der Waals surface area contributed by atoms with Gasteiger partial charge in [-0.05, 0) is 19.1 Å². The van der Waals surface area contributed by atoms with Crippen LogP contribution in [0.1, 0.15) is 5.69 Å². The van der Waals surface area contributed by atoms with Gasteiger partial charge in [-0.25, -0.2) is 4.98 Å². The zero-order valence-electron chi connectivity index (χ0n) is 6.99. The molecule has 2 rings (SSSR count). The molecule has 1 aromatic carbocycles. The number of aromatic nitrogens is 2. The molecule has 0 bridgehead atoms. The molecular weight excluding hydrogens is 171 g/mol. The second-order valence-electron chi connectivity index (χ2n) is 2.77. The minimum atomic E-state index is -0.696. The highest BCUT2D eigenvalue weighted by Crippen LogP contribution is 2.08. The van der Waals surface area contributed by atoms with Crippen LogP contribution in [0.3, 0.4) is 0 Å². The van der Waals surface area contributed by atoms with Gasteiger partial charge in [0.2, 0.25) is 0 Å². The average molecular weight is 178 g/mol. The van der Waals surface area contributed by atoms with Gasteiger partial charge in [-0.3, -0.25) is 4.79 Å². The van der Waals surface area contributed by atoms with E-state index >= 15 is 0 Å². The van der Waals surface area contributed by atoms with E-state index < -0.39 is 5.56 Å². The summed E-state index contributed by atoms with van der Waals surface area (Å²) < 4.78 is 13.2. The molecule has 0 radical (unpaired) electrons. The van der Waals surface area contributed by atoms with Crippen molar-refractivity contribution in [2.75, 3.05) is 0 Å². The lowest BCUT2D eigenvalue weighted by molar-refractivity contribution is 0.368. The van der Waals surface area contributed by atoms with E-state index in [-0.39, 0.29) is 16.0 Å². The zero-order valence-corrected chi connectivity index (χ0v) is 6.99. The molecule has 1 aromatic heterocycles. The molecule has 0 saturated heterocycles. The van der Waals surface area contributed by atoms with Gasteiger partial charge in [-0.1, -0.05) is 16.6 Å². The maximum atomic E-state index is 13.2. The highest BCUT2D eigenvalue weighted by atomic mass is 19.2. The Morgan fingerprint density at radius 3 is 2.85 bits per heavy atom. The summed E-state index contributed by atoms with van der Waals surface area (Å²) in [5, 5.41) is 0. The Hall–Kier alpha value is -1.71. The first-order valence-electron chi connectivity index (χ1n) is 3.84. The van der Waals surface area contributed by atoms with Gasteiger partial charge in [-0.2, -0.15) is 0 Å². The first-order valence-corrected chi connectivity index (χ1v) is 3.84. The molecule has 0 amide bonds. The Bertz CT molecular complexity index is 518. The van der Waals surface area contributed by atoms with Gasteiger partial charge < -0.3 is 0 Å². The normalized spacial score (nSPS) is 10.6. The average Bonchev–Trinajstić information content (AvgIpc) is 2.15. The van der Waals surface area contributed by atoms with Crippen LogP contribution in [0.25, 0.3) is 11.0 Å². The van der Waals surface area contributed by atoms with E-state index in [1.54, 1.807) is 18.2 Å². The van der Waals surface area contributed by atoms with Crippen LogP contribution in [0.15, 0.2) is 29.1 Å². The summed E-state index contributed by atoms with van der Waals surface area (Å²) in [6.45, 7) is 1.49. The number of para-hydroxylation sites is 2. The quantitative estimate of drug-likeness (QED) is 0.611. The molecular formula is C9H7FN2O. The number of rotatable bonds is 0. The maximum Gasteiger partial charge on any atom is 0.300 e. The van der Waals surface area contributed by atoms with Crippen molar-refractivity contribution in [3.8, 4) is 0 Å². The lowest BCUT2D eigenvalue weighted by atomic mass is 10.3. The minimum absolute atomic E-state index is 0.123. The van der Waals surface area contributed by atoms with Crippen molar-refractivity contribution in [2.24, 2.45) is 0 Å². The summed E-state index contributed by atoms with van der Waals surface area (Å²) in [7, 11) is 0. The Morgan fingerprint density at radius 2 is 2.08 bits per heavy atom. The van der Waals surface area contributed by atoms with E-state index in [1.165, 1.54) is 13.0 Å². The Morgan fingerprint density at radius 1 is 1.38 bits per heavy atom. The Kier molecular flexibility index (Phi) is 1.62. The molecule has 0 aliphatic carbocycles. The molecule has 4 heteroatoms. The second-order valence-corrected chi connectivity index (χ2v) is 2.77. The van der Waals surface area contributed by atoms with Crippen molar-refractivity contribution < 1.29 is 4.48 Å².